The highest BCUT2D eigenvalue weighted by Gasteiger charge is 2.40. The Labute approximate surface area is 160 Å². The van der Waals surface area contributed by atoms with Gasteiger partial charge < -0.3 is 15.2 Å². The van der Waals surface area contributed by atoms with E-state index in [9.17, 15) is 4.91 Å². The van der Waals surface area contributed by atoms with E-state index >= 15 is 0 Å². The molecular formula is C17H16N8O3. The predicted molar refractivity (Wildman–Crippen MR) is 101 cm³/mol. The maximum absolute atomic E-state index is 11.9. The van der Waals surface area contributed by atoms with Crippen molar-refractivity contribution in [3.63, 3.8) is 0 Å². The van der Waals surface area contributed by atoms with Crippen LogP contribution in [0.4, 0.5) is 0 Å². The summed E-state index contributed by atoms with van der Waals surface area (Å²) in [7, 11) is 0. The van der Waals surface area contributed by atoms with E-state index in [0.29, 0.717) is 23.5 Å². The third-order valence-corrected chi connectivity index (χ3v) is 4.01. The van der Waals surface area contributed by atoms with Crippen LogP contribution in [0, 0.1) is 22.8 Å². The molecule has 28 heavy (non-hydrogen) atoms. The number of hydrogen-bond acceptors (Lipinski definition) is 7. The van der Waals surface area contributed by atoms with Gasteiger partial charge in [-0.25, -0.2) is 0 Å². The first-order chi connectivity index (χ1) is 13.7. The highest BCUT2D eigenvalue weighted by Crippen LogP contribution is 2.39. The molecule has 2 rings (SSSR count). The van der Waals surface area contributed by atoms with Crippen LogP contribution in [0.2, 0.25) is 0 Å². The van der Waals surface area contributed by atoms with E-state index in [-0.39, 0.29) is 19.4 Å². The van der Waals surface area contributed by atoms with Crippen LogP contribution in [0.3, 0.4) is 0 Å². The Morgan fingerprint density at radius 3 is 2.39 bits per heavy atom. The Morgan fingerprint density at radius 2 is 1.86 bits per heavy atom. The molecule has 11 heteroatoms. The lowest BCUT2D eigenvalue weighted by Crippen LogP contribution is -2.31. The summed E-state index contributed by atoms with van der Waals surface area (Å²) in [4.78, 5) is 17.1. The monoisotopic (exact) mass is 380 g/mol. The van der Waals surface area contributed by atoms with Crippen LogP contribution in [-0.2, 0) is 10.3 Å². The van der Waals surface area contributed by atoms with Crippen molar-refractivity contribution in [1.82, 2.24) is 0 Å². The Morgan fingerprint density at radius 1 is 1.18 bits per heavy atom. The van der Waals surface area contributed by atoms with Crippen molar-refractivity contribution >= 4 is 0 Å². The fourth-order valence-corrected chi connectivity index (χ4v) is 2.71. The minimum Gasteiger partial charge on any atom is -0.488 e. The number of benzene rings is 1. The van der Waals surface area contributed by atoms with Crippen LogP contribution < -0.4 is 10.5 Å². The van der Waals surface area contributed by atoms with E-state index in [0.717, 1.165) is 0 Å². The van der Waals surface area contributed by atoms with Gasteiger partial charge in [0, 0.05) is 21.8 Å². The van der Waals surface area contributed by atoms with Crippen LogP contribution in [0.5, 0.6) is 5.75 Å². The molecule has 2 unspecified atom stereocenters. The van der Waals surface area contributed by atoms with Gasteiger partial charge in [0.1, 0.15) is 11.5 Å². The Balaban J connectivity index is 2.24. The average Bonchev–Trinajstić information content (AvgIpc) is 2.74. The molecule has 2 atom stereocenters. The van der Waals surface area contributed by atoms with Gasteiger partial charge in [0.25, 0.3) is 0 Å². The highest BCUT2D eigenvalue weighted by molar-refractivity contribution is 5.41. The molecule has 1 aliphatic rings. The molecule has 0 radical (unpaired) electrons. The van der Waals surface area contributed by atoms with Crippen LogP contribution in [-0.4, -0.2) is 13.5 Å². The Kier molecular flexibility index (Phi) is 7.31. The van der Waals surface area contributed by atoms with Gasteiger partial charge in [0.2, 0.25) is 0 Å². The summed E-state index contributed by atoms with van der Waals surface area (Å²) in [6.45, 7) is -0.279. The molecule has 0 bridgehead atoms. The van der Waals surface area contributed by atoms with Gasteiger partial charge in [-0.05, 0) is 58.4 Å². The van der Waals surface area contributed by atoms with Gasteiger partial charge in [-0.1, -0.05) is 28.4 Å². The summed E-state index contributed by atoms with van der Waals surface area (Å²) in [5.74, 6) is 3.32. The molecular weight excluding hydrogens is 364 g/mol. The van der Waals surface area contributed by atoms with E-state index in [1.54, 1.807) is 42.5 Å². The average molecular weight is 380 g/mol. The molecule has 11 nitrogen and oxygen atoms in total. The van der Waals surface area contributed by atoms with Crippen molar-refractivity contribution in [3.8, 4) is 17.7 Å². The Hall–Kier alpha value is -4.12. The summed E-state index contributed by atoms with van der Waals surface area (Å²) in [5, 5.41) is 9.90. The third kappa shape index (κ3) is 4.74. The topological polar surface area (TPSA) is 171 Å². The molecule has 0 aliphatic heterocycles. The van der Waals surface area contributed by atoms with E-state index < -0.39 is 5.54 Å². The molecule has 1 aliphatic carbocycles. The number of nitroso groups, excluding NO2 is 1. The van der Waals surface area contributed by atoms with Crippen LogP contribution in [0.15, 0.2) is 63.7 Å². The molecule has 0 amide bonds. The van der Waals surface area contributed by atoms with Gasteiger partial charge in [0.15, 0.2) is 19.0 Å². The van der Waals surface area contributed by atoms with Gasteiger partial charge in [-0.15, -0.1) is 4.91 Å². The van der Waals surface area contributed by atoms with Crippen molar-refractivity contribution in [1.29, 1.82) is 0 Å². The third-order valence-electron chi connectivity index (χ3n) is 4.01. The number of nitrogens with zero attached hydrogens (tertiary/aromatic N) is 7. The zero-order valence-electron chi connectivity index (χ0n) is 14.7. The molecule has 142 valence electrons. The first-order valence-corrected chi connectivity index (χ1v) is 8.03. The molecule has 0 heterocycles. The van der Waals surface area contributed by atoms with E-state index in [1.165, 1.54) is 0 Å². The molecule has 2 N–H and O–H groups in total. The quantitative estimate of drug-likeness (QED) is 0.171. The van der Waals surface area contributed by atoms with E-state index in [4.69, 9.17) is 26.3 Å². The van der Waals surface area contributed by atoms with Gasteiger partial charge >= 0.3 is 0 Å². The van der Waals surface area contributed by atoms with E-state index in [1.807, 2.05) is 0 Å². The smallest absolute Gasteiger partial charge is 0.195 e. The minimum atomic E-state index is -1.40. The largest absolute Gasteiger partial charge is 0.488 e. The zero-order chi connectivity index (χ0) is 20.2. The van der Waals surface area contributed by atoms with Gasteiger partial charge in [0.05, 0.1) is 0 Å². The molecule has 0 spiro atoms. The molecule has 0 aromatic heterocycles. The van der Waals surface area contributed by atoms with Gasteiger partial charge in [-0.3, -0.25) is 0 Å². The number of ether oxygens (including phenoxy) is 2. The molecule has 0 saturated carbocycles. The predicted octanol–water partition coefficient (Wildman–Crippen LogP) is 3.96. The number of hydrogen-bond donors (Lipinski definition) is 1. The fraction of sp³-hybridized carbons (Fsp3) is 0.294. The number of azide groups is 2. The minimum absolute atomic E-state index is 0.131. The van der Waals surface area contributed by atoms with Crippen LogP contribution in [0.1, 0.15) is 12.0 Å². The number of nitrogens with two attached hydrogens (primary N) is 1. The van der Waals surface area contributed by atoms with Crippen LogP contribution >= 0.6 is 0 Å². The molecule has 1 aromatic rings. The van der Waals surface area contributed by atoms with Crippen molar-refractivity contribution in [2.45, 2.75) is 12.0 Å². The normalized spacial score (nSPS) is 16.7. The van der Waals surface area contributed by atoms with Crippen molar-refractivity contribution in [2.24, 2.45) is 27.1 Å². The second-order valence-corrected chi connectivity index (χ2v) is 5.47. The molecule has 0 saturated heterocycles. The molecule has 1 aromatic carbocycles. The highest BCUT2D eigenvalue weighted by atomic mass is 16.5. The summed E-state index contributed by atoms with van der Waals surface area (Å²) < 4.78 is 10.5. The van der Waals surface area contributed by atoms with Crippen molar-refractivity contribution in [3.05, 3.63) is 79.6 Å². The fourth-order valence-electron chi connectivity index (χ4n) is 2.71. The summed E-state index contributed by atoms with van der Waals surface area (Å²) in [5.41, 5.74) is 21.1. The van der Waals surface area contributed by atoms with Gasteiger partial charge in [-0.2, -0.15) is 0 Å². The first kappa shape index (κ1) is 20.2. The van der Waals surface area contributed by atoms with Crippen molar-refractivity contribution in [2.75, 3.05) is 13.5 Å². The van der Waals surface area contributed by atoms with E-state index in [2.05, 4.69) is 37.2 Å². The summed E-state index contributed by atoms with van der Waals surface area (Å²) in [6, 6.07) is 8.85. The zero-order valence-corrected chi connectivity index (χ0v) is 14.7. The molecule has 0 fully saturated rings. The van der Waals surface area contributed by atoms with Crippen molar-refractivity contribution < 1.29 is 9.47 Å². The summed E-state index contributed by atoms with van der Waals surface area (Å²) in [6.07, 6.45) is 5.59. The summed E-state index contributed by atoms with van der Waals surface area (Å²) >= 11 is 0. The lowest BCUT2D eigenvalue weighted by atomic mass is 9.76. The number of rotatable bonds is 9. The Bertz CT molecular complexity index is 918. The standard InChI is InChI=1S/C17H16N8O3/c18-10-9-17(23-26,13-1-5-15(6-2-13)27-11-21-24-19)14-3-7-16(8-4-14)28-12-22-25-20/h1-3,5-8,14H,4,11-12,18H2. The second-order valence-electron chi connectivity index (χ2n) is 5.47. The SMILES string of the molecule is [N-]=[N+]=NCOC1=CCC(C(C#CN)(N=O)c2ccc(OCN=[N+]=[N-])cc2)C=C1. The van der Waals surface area contributed by atoms with Crippen LogP contribution in [0.25, 0.3) is 20.9 Å². The lowest BCUT2D eigenvalue weighted by molar-refractivity contribution is 0.228. The first-order valence-electron chi connectivity index (χ1n) is 8.03. The maximum atomic E-state index is 11.9. The maximum Gasteiger partial charge on any atom is 0.195 e. The second kappa shape index (κ2) is 10.1. The lowest BCUT2D eigenvalue weighted by Gasteiger charge is -2.29. The number of allylic oxidation sites excluding steroid dienone is 2.